The van der Waals surface area contributed by atoms with Gasteiger partial charge in [-0.3, -0.25) is 0 Å². The van der Waals surface area contributed by atoms with Gasteiger partial charge in [-0.25, -0.2) is 0 Å². The Kier molecular flexibility index (Phi) is 6.61. The molecule has 254 valence electrons. The molecule has 0 aliphatic rings. The lowest BCUT2D eigenvalue weighted by atomic mass is 9.99. The fourth-order valence-corrected chi connectivity index (χ4v) is 8.82. The Bertz CT molecular complexity index is 3400. The van der Waals surface area contributed by atoms with Gasteiger partial charge in [0.1, 0.15) is 6.07 Å². The third kappa shape index (κ3) is 4.39. The van der Waals surface area contributed by atoms with E-state index in [0.717, 1.165) is 61.0 Å². The van der Waals surface area contributed by atoms with Crippen molar-refractivity contribution in [3.8, 4) is 40.3 Å². The van der Waals surface area contributed by atoms with E-state index in [-0.39, 0.29) is 0 Å². The number of benzene rings is 8. The minimum Gasteiger partial charge on any atom is -0.309 e. The minimum atomic E-state index is 0.588. The van der Waals surface area contributed by atoms with E-state index < -0.39 is 0 Å². The molecule has 0 atom stereocenters. The number of fused-ring (bicyclic) bond motifs is 9. The molecule has 0 N–H and O–H groups in total. The molecule has 0 fully saturated rings. The van der Waals surface area contributed by atoms with Gasteiger partial charge in [0.05, 0.1) is 56.0 Å². The molecular weight excluding hydrogens is 671 g/mol. The van der Waals surface area contributed by atoms with Gasteiger partial charge in [0.2, 0.25) is 0 Å². The van der Waals surface area contributed by atoms with E-state index in [1.807, 2.05) is 36.4 Å². The molecule has 0 aliphatic carbocycles. The van der Waals surface area contributed by atoms with Crippen molar-refractivity contribution in [2.75, 3.05) is 0 Å². The maximum atomic E-state index is 10.3. The molecule has 0 aliphatic heterocycles. The van der Waals surface area contributed by atoms with Gasteiger partial charge < -0.3 is 13.7 Å². The molecule has 5 nitrogen and oxygen atoms in total. The van der Waals surface area contributed by atoms with E-state index in [4.69, 9.17) is 0 Å². The van der Waals surface area contributed by atoms with Crippen molar-refractivity contribution in [1.29, 1.82) is 10.5 Å². The van der Waals surface area contributed by atoms with Gasteiger partial charge in [-0.1, -0.05) is 103 Å². The first-order chi connectivity index (χ1) is 27.2. The van der Waals surface area contributed by atoms with E-state index in [0.29, 0.717) is 11.1 Å². The van der Waals surface area contributed by atoms with Gasteiger partial charge in [-0.05, 0) is 78.4 Å². The summed E-state index contributed by atoms with van der Waals surface area (Å²) >= 11 is 0. The van der Waals surface area contributed by atoms with Crippen LogP contribution in [-0.4, -0.2) is 13.7 Å². The largest absolute Gasteiger partial charge is 0.309 e. The summed E-state index contributed by atoms with van der Waals surface area (Å²) in [6.45, 7) is 0. The maximum Gasteiger partial charge on any atom is 0.101 e. The van der Waals surface area contributed by atoms with Crippen molar-refractivity contribution in [1.82, 2.24) is 13.7 Å². The highest BCUT2D eigenvalue weighted by Crippen LogP contribution is 2.41. The van der Waals surface area contributed by atoms with Crippen molar-refractivity contribution in [3.63, 3.8) is 0 Å². The van der Waals surface area contributed by atoms with E-state index in [1.54, 1.807) is 0 Å². The average Bonchev–Trinajstić information content (AvgIpc) is 3.90. The van der Waals surface area contributed by atoms with Crippen LogP contribution in [0.1, 0.15) is 11.1 Å². The number of para-hydroxylation sites is 5. The quantitative estimate of drug-likeness (QED) is 0.184. The summed E-state index contributed by atoms with van der Waals surface area (Å²) in [6.07, 6.45) is 0. The van der Waals surface area contributed by atoms with Crippen molar-refractivity contribution in [2.45, 2.75) is 0 Å². The molecule has 0 spiro atoms. The fourth-order valence-electron chi connectivity index (χ4n) is 8.82. The number of rotatable bonds is 4. The molecule has 0 amide bonds. The summed E-state index contributed by atoms with van der Waals surface area (Å²) in [5, 5.41) is 27.4. The summed E-state index contributed by atoms with van der Waals surface area (Å²) in [4.78, 5) is 0. The Labute approximate surface area is 316 Å². The lowest BCUT2D eigenvalue weighted by Crippen LogP contribution is -1.98. The smallest absolute Gasteiger partial charge is 0.101 e. The summed E-state index contributed by atoms with van der Waals surface area (Å²) < 4.78 is 6.89. The Morgan fingerprint density at radius 2 is 0.873 bits per heavy atom. The van der Waals surface area contributed by atoms with Crippen LogP contribution in [0.5, 0.6) is 0 Å². The lowest BCUT2D eigenvalue weighted by Gasteiger charge is -2.14. The van der Waals surface area contributed by atoms with Gasteiger partial charge in [0, 0.05) is 49.3 Å². The van der Waals surface area contributed by atoms with Gasteiger partial charge >= 0.3 is 0 Å². The molecule has 0 radical (unpaired) electrons. The predicted molar refractivity (Wildman–Crippen MR) is 224 cm³/mol. The van der Waals surface area contributed by atoms with Crippen LogP contribution in [0.15, 0.2) is 176 Å². The molecule has 55 heavy (non-hydrogen) atoms. The first kappa shape index (κ1) is 30.7. The number of nitriles is 2. The first-order valence-corrected chi connectivity index (χ1v) is 18.3. The van der Waals surface area contributed by atoms with Crippen LogP contribution >= 0.6 is 0 Å². The highest BCUT2D eigenvalue weighted by Gasteiger charge is 2.20. The topological polar surface area (TPSA) is 62.4 Å². The van der Waals surface area contributed by atoms with Crippen LogP contribution in [0.3, 0.4) is 0 Å². The minimum absolute atomic E-state index is 0.588. The van der Waals surface area contributed by atoms with Gasteiger partial charge in [-0.15, -0.1) is 0 Å². The predicted octanol–water partition coefficient (Wildman–Crippen LogP) is 12.4. The molecule has 11 rings (SSSR count). The zero-order chi connectivity index (χ0) is 36.6. The third-order valence-electron chi connectivity index (χ3n) is 11.1. The van der Waals surface area contributed by atoms with E-state index >= 15 is 0 Å². The molecule has 3 heterocycles. The lowest BCUT2D eigenvalue weighted by molar-refractivity contribution is 1.17. The highest BCUT2D eigenvalue weighted by molar-refractivity contribution is 6.16. The standard InChI is InChI=1S/C50H29N5/c51-30-33-25-28-36(54-43-17-5-3-14-39(43)40-16-9-11-34(31-52)50(40)54)29-42(33)32-23-26-35(27-24-32)53-46-20-8-4-15-41(46)49-47(53)21-10-22-48(49)55-44-18-6-1-12-37(44)38-13-2-7-19-45(38)55/h1-29H. The number of aromatic nitrogens is 3. The Hall–Kier alpha value is -7.86. The summed E-state index contributed by atoms with van der Waals surface area (Å²) in [6, 6.07) is 65.9. The van der Waals surface area contributed by atoms with Gasteiger partial charge in [0.25, 0.3) is 0 Å². The van der Waals surface area contributed by atoms with Gasteiger partial charge in [-0.2, -0.15) is 10.5 Å². The van der Waals surface area contributed by atoms with Crippen molar-refractivity contribution in [2.24, 2.45) is 0 Å². The summed E-state index contributed by atoms with van der Waals surface area (Å²) in [5.74, 6) is 0. The zero-order valence-electron chi connectivity index (χ0n) is 29.5. The average molecular weight is 700 g/mol. The monoisotopic (exact) mass is 699 g/mol. The van der Waals surface area contributed by atoms with E-state index in [9.17, 15) is 10.5 Å². The molecule has 0 bridgehead atoms. The zero-order valence-corrected chi connectivity index (χ0v) is 29.5. The van der Waals surface area contributed by atoms with Crippen LogP contribution in [0.4, 0.5) is 0 Å². The van der Waals surface area contributed by atoms with E-state index in [1.165, 1.54) is 32.6 Å². The number of hydrogen-bond donors (Lipinski definition) is 0. The molecule has 0 unspecified atom stereocenters. The molecule has 0 saturated heterocycles. The summed E-state index contributed by atoms with van der Waals surface area (Å²) in [7, 11) is 0. The Morgan fingerprint density at radius 1 is 0.364 bits per heavy atom. The highest BCUT2D eigenvalue weighted by atomic mass is 15.0. The Balaban J connectivity index is 1.09. The second-order valence-corrected chi connectivity index (χ2v) is 13.9. The normalized spacial score (nSPS) is 11.6. The van der Waals surface area contributed by atoms with Crippen LogP contribution in [0.25, 0.3) is 93.6 Å². The van der Waals surface area contributed by atoms with Crippen molar-refractivity contribution in [3.05, 3.63) is 187 Å². The van der Waals surface area contributed by atoms with Crippen LogP contribution < -0.4 is 0 Å². The van der Waals surface area contributed by atoms with Crippen LogP contribution in [0.2, 0.25) is 0 Å². The van der Waals surface area contributed by atoms with Crippen LogP contribution in [0, 0.1) is 22.7 Å². The van der Waals surface area contributed by atoms with Crippen molar-refractivity contribution < 1.29 is 0 Å². The Morgan fingerprint density at radius 3 is 1.53 bits per heavy atom. The maximum absolute atomic E-state index is 10.3. The molecule has 0 saturated carbocycles. The SMILES string of the molecule is N#Cc1ccc(-n2c3ccccc3c3cccc(C#N)c32)cc1-c1ccc(-n2c3ccccc3c3c(-n4c5ccccc5c5ccccc54)cccc32)cc1. The summed E-state index contributed by atoms with van der Waals surface area (Å²) in [5.41, 5.74) is 12.5. The third-order valence-corrected chi connectivity index (χ3v) is 11.1. The number of hydrogen-bond acceptors (Lipinski definition) is 2. The number of nitrogens with zero attached hydrogens (tertiary/aromatic N) is 5. The first-order valence-electron chi connectivity index (χ1n) is 18.3. The van der Waals surface area contributed by atoms with Crippen LogP contribution in [-0.2, 0) is 0 Å². The fraction of sp³-hybridized carbons (Fsp3) is 0. The molecule has 3 aromatic heterocycles. The van der Waals surface area contributed by atoms with Crippen molar-refractivity contribution >= 4 is 65.4 Å². The second-order valence-electron chi connectivity index (χ2n) is 13.9. The molecular formula is C50H29N5. The second kappa shape index (κ2) is 11.8. The van der Waals surface area contributed by atoms with E-state index in [2.05, 4.69) is 165 Å². The molecule has 11 aromatic rings. The molecule has 8 aromatic carbocycles. The van der Waals surface area contributed by atoms with Gasteiger partial charge in [0.15, 0.2) is 0 Å². The molecule has 5 heteroatoms.